The van der Waals surface area contributed by atoms with Crippen LogP contribution in [0.3, 0.4) is 0 Å². The second-order valence-corrected chi connectivity index (χ2v) is 6.88. The standard InChI is InChI=1S/C21H19ClN4O2/c1-3-23-21(27)25-20-19-17(12(2)26-28-19)15-6-4-5-7-16(15)18(24-20)13-8-10-14(22)11-9-13/h4-11,20H,3H2,1-2H3,(H2,23,25,27). The zero-order valence-electron chi connectivity index (χ0n) is 15.5. The van der Waals surface area contributed by atoms with Crippen molar-refractivity contribution in [3.63, 3.8) is 0 Å². The SMILES string of the molecule is CCNC(=O)NC1N=C(c2ccc(Cl)cc2)c2ccccc2-c2c(C)noc21. The van der Waals surface area contributed by atoms with E-state index in [1.54, 1.807) is 0 Å². The maximum Gasteiger partial charge on any atom is 0.316 e. The Balaban J connectivity index is 1.92. The Hall–Kier alpha value is -3.12. The Bertz CT molecular complexity index is 1060. The molecule has 1 aromatic heterocycles. The molecule has 142 valence electrons. The summed E-state index contributed by atoms with van der Waals surface area (Å²) < 4.78 is 5.60. The number of rotatable bonds is 3. The van der Waals surface area contributed by atoms with Crippen LogP contribution in [0.4, 0.5) is 4.79 Å². The van der Waals surface area contributed by atoms with E-state index >= 15 is 0 Å². The molecule has 0 radical (unpaired) electrons. The van der Waals surface area contributed by atoms with Crippen LogP contribution in [-0.4, -0.2) is 23.4 Å². The fourth-order valence-corrected chi connectivity index (χ4v) is 3.46. The molecule has 2 N–H and O–H groups in total. The highest BCUT2D eigenvalue weighted by Gasteiger charge is 2.31. The number of halogens is 1. The highest BCUT2D eigenvalue weighted by atomic mass is 35.5. The number of fused-ring (bicyclic) bond motifs is 3. The van der Waals surface area contributed by atoms with Crippen molar-refractivity contribution in [2.24, 2.45) is 4.99 Å². The number of nitrogens with one attached hydrogen (secondary N) is 2. The first kappa shape index (κ1) is 18.3. The van der Waals surface area contributed by atoms with Crippen LogP contribution < -0.4 is 10.6 Å². The van der Waals surface area contributed by atoms with E-state index in [4.69, 9.17) is 21.1 Å². The number of aromatic nitrogens is 1. The summed E-state index contributed by atoms with van der Waals surface area (Å²) in [7, 11) is 0. The van der Waals surface area contributed by atoms with Gasteiger partial charge in [0, 0.05) is 22.7 Å². The first-order valence-electron chi connectivity index (χ1n) is 9.02. The number of carbonyl (C=O) groups excluding carboxylic acids is 1. The lowest BCUT2D eigenvalue weighted by atomic mass is 9.93. The summed E-state index contributed by atoms with van der Waals surface area (Å²) in [6.45, 7) is 4.25. The molecule has 0 saturated heterocycles. The van der Waals surface area contributed by atoms with E-state index in [1.807, 2.05) is 62.4 Å². The first-order valence-corrected chi connectivity index (χ1v) is 9.40. The smallest absolute Gasteiger partial charge is 0.316 e. The van der Waals surface area contributed by atoms with Gasteiger partial charge in [-0.25, -0.2) is 4.79 Å². The largest absolute Gasteiger partial charge is 0.356 e. The van der Waals surface area contributed by atoms with Gasteiger partial charge in [0.1, 0.15) is 0 Å². The molecule has 3 aromatic rings. The zero-order valence-corrected chi connectivity index (χ0v) is 16.2. The number of urea groups is 1. The number of hydrogen-bond acceptors (Lipinski definition) is 4. The maximum absolute atomic E-state index is 12.2. The Kier molecular flexibility index (Phi) is 4.88. The molecule has 7 heteroatoms. The maximum atomic E-state index is 12.2. The van der Waals surface area contributed by atoms with Gasteiger partial charge in [-0.3, -0.25) is 4.99 Å². The summed E-state index contributed by atoms with van der Waals surface area (Å²) in [5.74, 6) is 0.514. The molecular formula is C21H19ClN4O2. The summed E-state index contributed by atoms with van der Waals surface area (Å²) in [5.41, 5.74) is 5.15. The van der Waals surface area contributed by atoms with Gasteiger partial charge in [0.2, 0.25) is 0 Å². The summed E-state index contributed by atoms with van der Waals surface area (Å²) in [5, 5.41) is 10.4. The van der Waals surface area contributed by atoms with Crippen molar-refractivity contribution in [2.45, 2.75) is 20.0 Å². The quantitative estimate of drug-likeness (QED) is 0.687. The van der Waals surface area contributed by atoms with Crippen molar-refractivity contribution < 1.29 is 9.32 Å². The molecule has 2 heterocycles. The highest BCUT2D eigenvalue weighted by Crippen LogP contribution is 2.38. The number of aryl methyl sites for hydroxylation is 1. The van der Waals surface area contributed by atoms with E-state index in [9.17, 15) is 4.79 Å². The van der Waals surface area contributed by atoms with Gasteiger partial charge in [-0.1, -0.05) is 53.2 Å². The van der Waals surface area contributed by atoms with Gasteiger partial charge in [0.15, 0.2) is 11.9 Å². The van der Waals surface area contributed by atoms with Crippen LogP contribution in [0.2, 0.25) is 5.02 Å². The fraction of sp³-hybridized carbons (Fsp3) is 0.190. The number of amides is 2. The highest BCUT2D eigenvalue weighted by molar-refractivity contribution is 6.30. The molecule has 1 aliphatic heterocycles. The number of carbonyl (C=O) groups is 1. The second-order valence-electron chi connectivity index (χ2n) is 6.44. The van der Waals surface area contributed by atoms with Crippen molar-refractivity contribution in [1.82, 2.24) is 15.8 Å². The molecule has 0 bridgehead atoms. The van der Waals surface area contributed by atoms with Crippen LogP contribution >= 0.6 is 11.6 Å². The summed E-state index contributed by atoms with van der Waals surface area (Å²) in [6.07, 6.45) is -0.708. The Labute approximate surface area is 167 Å². The molecule has 0 aliphatic carbocycles. The van der Waals surface area contributed by atoms with Crippen molar-refractivity contribution >= 4 is 23.3 Å². The average molecular weight is 395 g/mol. The van der Waals surface area contributed by atoms with E-state index in [2.05, 4.69) is 15.8 Å². The average Bonchev–Trinajstić information content (AvgIpc) is 3.01. The summed E-state index contributed by atoms with van der Waals surface area (Å²) >= 11 is 6.06. The minimum atomic E-state index is -0.708. The summed E-state index contributed by atoms with van der Waals surface area (Å²) in [4.78, 5) is 17.1. The van der Waals surface area contributed by atoms with Gasteiger partial charge in [0.25, 0.3) is 0 Å². The first-order chi connectivity index (χ1) is 13.6. The zero-order chi connectivity index (χ0) is 19.7. The van der Waals surface area contributed by atoms with Crippen molar-refractivity contribution in [2.75, 3.05) is 6.54 Å². The van der Waals surface area contributed by atoms with Crippen molar-refractivity contribution in [1.29, 1.82) is 0 Å². The molecule has 0 fully saturated rings. The third-order valence-electron chi connectivity index (χ3n) is 4.57. The summed E-state index contributed by atoms with van der Waals surface area (Å²) in [6, 6.07) is 15.1. The molecule has 0 saturated carbocycles. The molecule has 2 amide bonds. The van der Waals surface area contributed by atoms with Crippen LogP contribution in [0.1, 0.15) is 35.7 Å². The topological polar surface area (TPSA) is 79.5 Å². The minimum absolute atomic E-state index is 0.322. The molecule has 1 atom stereocenters. The molecule has 1 aliphatic rings. The lowest BCUT2D eigenvalue weighted by molar-refractivity contribution is 0.234. The van der Waals surface area contributed by atoms with E-state index in [0.717, 1.165) is 33.7 Å². The van der Waals surface area contributed by atoms with Gasteiger partial charge >= 0.3 is 6.03 Å². The lowest BCUT2D eigenvalue weighted by Gasteiger charge is -2.14. The van der Waals surface area contributed by atoms with Crippen molar-refractivity contribution in [3.8, 4) is 11.1 Å². The molecule has 1 unspecified atom stereocenters. The van der Waals surface area contributed by atoms with Crippen LogP contribution in [-0.2, 0) is 0 Å². The predicted octanol–water partition coefficient (Wildman–Crippen LogP) is 4.47. The monoisotopic (exact) mass is 394 g/mol. The minimum Gasteiger partial charge on any atom is -0.356 e. The normalized spacial score (nSPS) is 15.1. The number of hydrogen-bond donors (Lipinski definition) is 2. The van der Waals surface area contributed by atoms with E-state index in [0.29, 0.717) is 17.3 Å². The predicted molar refractivity (Wildman–Crippen MR) is 109 cm³/mol. The molecule has 4 rings (SSSR count). The van der Waals surface area contributed by atoms with Crippen molar-refractivity contribution in [3.05, 3.63) is 76.1 Å². The molecule has 2 aromatic carbocycles. The molecule has 6 nitrogen and oxygen atoms in total. The van der Waals surface area contributed by atoms with Crippen LogP contribution in [0.25, 0.3) is 11.1 Å². The second kappa shape index (κ2) is 7.48. The molecule has 28 heavy (non-hydrogen) atoms. The van der Waals surface area contributed by atoms with Crippen LogP contribution in [0.15, 0.2) is 58.0 Å². The number of aliphatic imine (C=N–C) groups is 1. The third kappa shape index (κ3) is 3.27. The Morgan fingerprint density at radius 1 is 1.14 bits per heavy atom. The van der Waals surface area contributed by atoms with Gasteiger partial charge in [-0.05, 0) is 31.5 Å². The van der Waals surface area contributed by atoms with E-state index in [1.165, 1.54) is 0 Å². The fourth-order valence-electron chi connectivity index (χ4n) is 3.34. The van der Waals surface area contributed by atoms with Gasteiger partial charge in [-0.15, -0.1) is 0 Å². The third-order valence-corrected chi connectivity index (χ3v) is 4.82. The van der Waals surface area contributed by atoms with Gasteiger partial charge in [0.05, 0.1) is 17.0 Å². The van der Waals surface area contributed by atoms with E-state index in [-0.39, 0.29) is 6.03 Å². The Morgan fingerprint density at radius 3 is 2.57 bits per heavy atom. The molecular weight excluding hydrogens is 376 g/mol. The Morgan fingerprint density at radius 2 is 1.86 bits per heavy atom. The van der Waals surface area contributed by atoms with E-state index < -0.39 is 6.17 Å². The van der Waals surface area contributed by atoms with Crippen LogP contribution in [0.5, 0.6) is 0 Å². The number of benzene rings is 2. The van der Waals surface area contributed by atoms with Gasteiger partial charge < -0.3 is 15.2 Å². The number of nitrogens with zero attached hydrogens (tertiary/aromatic N) is 2. The van der Waals surface area contributed by atoms with Gasteiger partial charge in [-0.2, -0.15) is 0 Å². The molecule has 0 spiro atoms. The lowest BCUT2D eigenvalue weighted by Crippen LogP contribution is -2.37. The van der Waals surface area contributed by atoms with Crippen LogP contribution in [0, 0.1) is 6.92 Å².